The van der Waals surface area contributed by atoms with Crippen LogP contribution < -0.4 is 5.73 Å². The van der Waals surface area contributed by atoms with Gasteiger partial charge in [0.25, 0.3) is 0 Å². The molecule has 0 aliphatic carbocycles. The maximum absolute atomic E-state index is 6.39. The van der Waals surface area contributed by atoms with E-state index in [9.17, 15) is 0 Å². The number of hydrogen-bond donors (Lipinski definition) is 1. The predicted octanol–water partition coefficient (Wildman–Crippen LogP) is 3.50. The molecule has 100 valence electrons. The summed E-state index contributed by atoms with van der Waals surface area (Å²) >= 11 is 0. The van der Waals surface area contributed by atoms with Crippen molar-refractivity contribution in [2.45, 2.75) is 39.7 Å². The maximum Gasteiger partial charge on any atom is 0.0339 e. The minimum absolute atomic E-state index is 0.0402. The Morgan fingerprint density at radius 2 is 1.95 bits per heavy atom. The molecule has 0 radical (unpaired) electrons. The fraction of sp³-hybridized carbons (Fsp3) is 0.353. The SMILES string of the molecule is CCc1cnccc1C(N)Cc1cc(C)ccc1C. The number of rotatable bonds is 4. The summed E-state index contributed by atoms with van der Waals surface area (Å²) in [5.41, 5.74) is 12.8. The highest BCUT2D eigenvalue weighted by Crippen LogP contribution is 2.22. The van der Waals surface area contributed by atoms with Gasteiger partial charge in [0.1, 0.15) is 0 Å². The molecule has 0 amide bonds. The zero-order valence-electron chi connectivity index (χ0n) is 12.0. The number of nitrogens with two attached hydrogens (primary N) is 1. The van der Waals surface area contributed by atoms with Crippen LogP contribution in [0.1, 0.15) is 40.8 Å². The van der Waals surface area contributed by atoms with Crippen LogP contribution in [0.25, 0.3) is 0 Å². The molecule has 2 rings (SSSR count). The van der Waals surface area contributed by atoms with Gasteiger partial charge in [-0.15, -0.1) is 0 Å². The lowest BCUT2D eigenvalue weighted by Crippen LogP contribution is -2.16. The topological polar surface area (TPSA) is 38.9 Å². The van der Waals surface area contributed by atoms with Crippen molar-refractivity contribution < 1.29 is 0 Å². The summed E-state index contributed by atoms with van der Waals surface area (Å²) < 4.78 is 0. The van der Waals surface area contributed by atoms with Crippen molar-refractivity contribution in [1.29, 1.82) is 0 Å². The van der Waals surface area contributed by atoms with E-state index in [-0.39, 0.29) is 6.04 Å². The Morgan fingerprint density at radius 1 is 1.16 bits per heavy atom. The first-order chi connectivity index (χ1) is 9.11. The number of aromatic nitrogens is 1. The number of benzene rings is 1. The quantitative estimate of drug-likeness (QED) is 0.907. The zero-order chi connectivity index (χ0) is 13.8. The average molecular weight is 254 g/mol. The molecule has 1 aromatic carbocycles. The Bertz CT molecular complexity index is 561. The van der Waals surface area contributed by atoms with Crippen LogP contribution in [-0.4, -0.2) is 4.98 Å². The number of hydrogen-bond acceptors (Lipinski definition) is 2. The highest BCUT2D eigenvalue weighted by molar-refractivity contribution is 5.34. The monoisotopic (exact) mass is 254 g/mol. The second kappa shape index (κ2) is 5.98. The molecular formula is C17H22N2. The molecular weight excluding hydrogens is 232 g/mol. The Labute approximate surface area is 115 Å². The molecule has 19 heavy (non-hydrogen) atoms. The molecule has 2 nitrogen and oxygen atoms in total. The lowest BCUT2D eigenvalue weighted by atomic mass is 9.93. The Hall–Kier alpha value is -1.67. The van der Waals surface area contributed by atoms with Crippen LogP contribution in [0.2, 0.25) is 0 Å². The highest BCUT2D eigenvalue weighted by atomic mass is 14.7. The molecule has 0 bridgehead atoms. The molecule has 1 unspecified atom stereocenters. The summed E-state index contributed by atoms with van der Waals surface area (Å²) in [6.45, 7) is 6.41. The van der Waals surface area contributed by atoms with Gasteiger partial charge in [-0.3, -0.25) is 4.98 Å². The molecule has 1 heterocycles. The van der Waals surface area contributed by atoms with Crippen LogP contribution in [-0.2, 0) is 12.8 Å². The van der Waals surface area contributed by atoms with E-state index in [2.05, 4.69) is 50.0 Å². The van der Waals surface area contributed by atoms with Crippen molar-refractivity contribution >= 4 is 0 Å². The minimum atomic E-state index is 0.0402. The molecule has 0 aliphatic heterocycles. The molecule has 0 fully saturated rings. The largest absolute Gasteiger partial charge is 0.324 e. The summed E-state index contributed by atoms with van der Waals surface area (Å²) in [7, 11) is 0. The molecule has 0 aliphatic rings. The van der Waals surface area contributed by atoms with Gasteiger partial charge in [-0.25, -0.2) is 0 Å². The summed E-state index contributed by atoms with van der Waals surface area (Å²) in [5.74, 6) is 0. The van der Waals surface area contributed by atoms with Crippen LogP contribution in [0, 0.1) is 13.8 Å². The number of aryl methyl sites for hydroxylation is 3. The Balaban J connectivity index is 2.25. The van der Waals surface area contributed by atoms with E-state index >= 15 is 0 Å². The first-order valence-corrected chi connectivity index (χ1v) is 6.86. The maximum atomic E-state index is 6.39. The Morgan fingerprint density at radius 3 is 2.68 bits per heavy atom. The third kappa shape index (κ3) is 3.21. The van der Waals surface area contributed by atoms with Crippen molar-refractivity contribution in [2.24, 2.45) is 5.73 Å². The first kappa shape index (κ1) is 13.8. The van der Waals surface area contributed by atoms with Crippen molar-refractivity contribution in [2.75, 3.05) is 0 Å². The van der Waals surface area contributed by atoms with Gasteiger partial charge in [-0.05, 0) is 55.0 Å². The average Bonchev–Trinajstić information content (AvgIpc) is 2.42. The second-order valence-corrected chi connectivity index (χ2v) is 5.17. The van der Waals surface area contributed by atoms with Gasteiger partial charge in [0.05, 0.1) is 0 Å². The fourth-order valence-corrected chi connectivity index (χ4v) is 2.46. The van der Waals surface area contributed by atoms with Crippen LogP contribution in [0.3, 0.4) is 0 Å². The molecule has 2 heteroatoms. The van der Waals surface area contributed by atoms with Crippen molar-refractivity contribution in [3.63, 3.8) is 0 Å². The molecule has 0 spiro atoms. The van der Waals surface area contributed by atoms with Gasteiger partial charge >= 0.3 is 0 Å². The molecule has 2 N–H and O–H groups in total. The molecule has 0 saturated carbocycles. The van der Waals surface area contributed by atoms with Crippen LogP contribution in [0.15, 0.2) is 36.7 Å². The minimum Gasteiger partial charge on any atom is -0.324 e. The first-order valence-electron chi connectivity index (χ1n) is 6.86. The fourth-order valence-electron chi connectivity index (χ4n) is 2.46. The van der Waals surface area contributed by atoms with Gasteiger partial charge in [0.15, 0.2) is 0 Å². The summed E-state index contributed by atoms with van der Waals surface area (Å²) in [6.07, 6.45) is 5.62. The lowest BCUT2D eigenvalue weighted by Gasteiger charge is -2.17. The summed E-state index contributed by atoms with van der Waals surface area (Å²) in [5, 5.41) is 0. The van der Waals surface area contributed by atoms with E-state index in [1.807, 2.05) is 12.4 Å². The van der Waals surface area contributed by atoms with Gasteiger partial charge in [-0.2, -0.15) is 0 Å². The molecule has 0 saturated heterocycles. The van der Waals surface area contributed by atoms with Crippen LogP contribution in [0.5, 0.6) is 0 Å². The smallest absolute Gasteiger partial charge is 0.0339 e. The van der Waals surface area contributed by atoms with Gasteiger partial charge in [-0.1, -0.05) is 30.7 Å². The zero-order valence-corrected chi connectivity index (χ0v) is 12.0. The third-order valence-corrected chi connectivity index (χ3v) is 3.67. The van der Waals surface area contributed by atoms with Crippen molar-refractivity contribution in [3.8, 4) is 0 Å². The Kier molecular flexibility index (Phi) is 4.33. The van der Waals surface area contributed by atoms with E-state index in [0.717, 1.165) is 12.8 Å². The standard InChI is InChI=1S/C17H22N2/c1-4-14-11-19-8-7-16(14)17(18)10-15-9-12(2)5-6-13(15)3/h5-9,11,17H,4,10,18H2,1-3H3. The van der Waals surface area contributed by atoms with E-state index in [1.165, 1.54) is 27.8 Å². The van der Waals surface area contributed by atoms with Crippen LogP contribution >= 0.6 is 0 Å². The van der Waals surface area contributed by atoms with E-state index < -0.39 is 0 Å². The number of pyridine rings is 1. The normalized spacial score (nSPS) is 12.4. The number of nitrogens with zero attached hydrogens (tertiary/aromatic N) is 1. The predicted molar refractivity (Wildman–Crippen MR) is 80.2 cm³/mol. The van der Waals surface area contributed by atoms with Crippen molar-refractivity contribution in [1.82, 2.24) is 4.98 Å². The highest BCUT2D eigenvalue weighted by Gasteiger charge is 2.12. The van der Waals surface area contributed by atoms with Crippen molar-refractivity contribution in [3.05, 3.63) is 64.5 Å². The van der Waals surface area contributed by atoms with Crippen LogP contribution in [0.4, 0.5) is 0 Å². The molecule has 2 aromatic rings. The van der Waals surface area contributed by atoms with Gasteiger partial charge in [0.2, 0.25) is 0 Å². The second-order valence-electron chi connectivity index (χ2n) is 5.17. The van der Waals surface area contributed by atoms with Gasteiger partial charge in [0, 0.05) is 18.4 Å². The van der Waals surface area contributed by atoms with E-state index in [1.54, 1.807) is 0 Å². The van der Waals surface area contributed by atoms with E-state index in [4.69, 9.17) is 5.73 Å². The molecule has 1 atom stereocenters. The van der Waals surface area contributed by atoms with Gasteiger partial charge < -0.3 is 5.73 Å². The molecule has 1 aromatic heterocycles. The lowest BCUT2D eigenvalue weighted by molar-refractivity contribution is 0.706. The summed E-state index contributed by atoms with van der Waals surface area (Å²) in [6, 6.07) is 8.65. The van der Waals surface area contributed by atoms with E-state index in [0.29, 0.717) is 0 Å². The summed E-state index contributed by atoms with van der Waals surface area (Å²) in [4.78, 5) is 4.18. The third-order valence-electron chi connectivity index (χ3n) is 3.67.